The van der Waals surface area contributed by atoms with Crippen LogP contribution in [-0.4, -0.2) is 6.30 Å². The largest absolute Gasteiger partial charge is 0.485 e. The molecule has 0 unspecified atom stereocenters. The normalized spacial score (nSPS) is 11.4. The number of halogens is 3. The molecule has 0 aromatic heterocycles. The Kier molecular flexibility index (Phi) is 3.79. The minimum absolute atomic E-state index is 0.115. The summed E-state index contributed by atoms with van der Waals surface area (Å²) >= 11 is 0. The van der Waals surface area contributed by atoms with Crippen molar-refractivity contribution in [1.29, 1.82) is 0 Å². The van der Waals surface area contributed by atoms with Gasteiger partial charge in [-0.05, 0) is 30.2 Å². The summed E-state index contributed by atoms with van der Waals surface area (Å²) in [4.78, 5) is 0.418. The number of hydrogen-bond donors (Lipinski definition) is 0. The van der Waals surface area contributed by atoms with Crippen molar-refractivity contribution in [2.24, 2.45) is 0 Å². The van der Waals surface area contributed by atoms with Crippen molar-refractivity contribution in [3.63, 3.8) is 0 Å². The van der Waals surface area contributed by atoms with Crippen LogP contribution in [0.5, 0.6) is 0 Å². The molecule has 0 bridgehead atoms. The first kappa shape index (κ1) is 13.5. The Balaban J connectivity index is 2.29. The van der Waals surface area contributed by atoms with Crippen molar-refractivity contribution < 1.29 is 13.2 Å². The summed E-state index contributed by atoms with van der Waals surface area (Å²) in [6, 6.07) is 14.6. The standard InChI is InChI=1S/C15H13F3N/c1-12-7-9-14(10-8-12)19(15(16,17)18)11-13-5-3-2-4-6-13/h2-10H,1,11H2. The lowest BCUT2D eigenvalue weighted by Crippen LogP contribution is -2.37. The number of nitrogens with zero attached hydrogens (tertiary/aromatic N) is 1. The van der Waals surface area contributed by atoms with Crippen LogP contribution in [0.25, 0.3) is 0 Å². The molecule has 0 aliphatic heterocycles. The molecule has 1 nitrogen and oxygen atoms in total. The van der Waals surface area contributed by atoms with Crippen molar-refractivity contribution in [1.82, 2.24) is 0 Å². The molecule has 19 heavy (non-hydrogen) atoms. The molecule has 2 aromatic carbocycles. The highest BCUT2D eigenvalue weighted by atomic mass is 19.4. The fraction of sp³-hybridized carbons (Fsp3) is 0.133. The van der Waals surface area contributed by atoms with E-state index in [2.05, 4.69) is 6.92 Å². The minimum Gasteiger partial charge on any atom is -0.280 e. The predicted molar refractivity (Wildman–Crippen MR) is 69.6 cm³/mol. The number of anilines is 1. The van der Waals surface area contributed by atoms with Crippen LogP contribution in [0.1, 0.15) is 11.1 Å². The first-order valence-electron chi connectivity index (χ1n) is 5.77. The van der Waals surface area contributed by atoms with Crippen LogP contribution >= 0.6 is 0 Å². The quantitative estimate of drug-likeness (QED) is 0.743. The van der Waals surface area contributed by atoms with E-state index in [4.69, 9.17) is 0 Å². The average molecular weight is 264 g/mol. The fourth-order valence-corrected chi connectivity index (χ4v) is 1.77. The van der Waals surface area contributed by atoms with E-state index in [1.54, 1.807) is 42.5 Å². The van der Waals surface area contributed by atoms with Gasteiger partial charge < -0.3 is 0 Å². The minimum atomic E-state index is -4.42. The molecule has 1 radical (unpaired) electrons. The maximum absolute atomic E-state index is 13.1. The zero-order chi connectivity index (χ0) is 13.9. The second-order valence-corrected chi connectivity index (χ2v) is 4.21. The molecule has 0 aliphatic carbocycles. The Labute approximate surface area is 110 Å². The van der Waals surface area contributed by atoms with Crippen LogP contribution < -0.4 is 4.90 Å². The summed E-state index contributed by atoms with van der Waals surface area (Å²) in [5.41, 5.74) is 1.41. The molecule has 2 aromatic rings. The van der Waals surface area contributed by atoms with Crippen molar-refractivity contribution in [3.05, 3.63) is 72.6 Å². The molecule has 0 fully saturated rings. The zero-order valence-corrected chi connectivity index (χ0v) is 10.2. The second-order valence-electron chi connectivity index (χ2n) is 4.21. The van der Waals surface area contributed by atoms with E-state index in [1.165, 1.54) is 12.1 Å². The van der Waals surface area contributed by atoms with Crippen LogP contribution in [0.15, 0.2) is 54.6 Å². The van der Waals surface area contributed by atoms with Crippen LogP contribution in [0, 0.1) is 6.92 Å². The molecule has 0 saturated heterocycles. The second kappa shape index (κ2) is 5.34. The number of hydrogen-bond acceptors (Lipinski definition) is 1. The van der Waals surface area contributed by atoms with Gasteiger partial charge in [-0.25, -0.2) is 0 Å². The van der Waals surface area contributed by atoms with Gasteiger partial charge in [0.1, 0.15) is 0 Å². The summed E-state index contributed by atoms with van der Waals surface area (Å²) in [7, 11) is 0. The molecule has 0 N–H and O–H groups in total. The van der Waals surface area contributed by atoms with Crippen molar-refractivity contribution >= 4 is 5.69 Å². The lowest BCUT2D eigenvalue weighted by molar-refractivity contribution is -0.130. The van der Waals surface area contributed by atoms with Gasteiger partial charge in [-0.15, -0.1) is 0 Å². The summed E-state index contributed by atoms with van der Waals surface area (Å²) in [6.45, 7) is 3.46. The SMILES string of the molecule is [CH2]c1ccc(N(Cc2ccccc2)C(F)(F)F)cc1. The molecule has 0 amide bonds. The summed E-state index contributed by atoms with van der Waals surface area (Å²) < 4.78 is 39.3. The highest BCUT2D eigenvalue weighted by Gasteiger charge is 2.37. The topological polar surface area (TPSA) is 3.24 Å². The Morgan fingerprint density at radius 1 is 0.895 bits per heavy atom. The van der Waals surface area contributed by atoms with Crippen molar-refractivity contribution in [2.75, 3.05) is 4.90 Å². The number of benzene rings is 2. The number of alkyl halides is 3. The third kappa shape index (κ3) is 3.50. The molecule has 0 heterocycles. The molecule has 0 atom stereocenters. The predicted octanol–water partition coefficient (Wildman–Crippen LogP) is 4.40. The molecule has 0 spiro atoms. The third-order valence-electron chi connectivity index (χ3n) is 2.74. The zero-order valence-electron chi connectivity index (χ0n) is 10.2. The van der Waals surface area contributed by atoms with E-state index < -0.39 is 6.30 Å². The highest BCUT2D eigenvalue weighted by Crippen LogP contribution is 2.30. The van der Waals surface area contributed by atoms with Gasteiger partial charge in [0.25, 0.3) is 0 Å². The molecular weight excluding hydrogens is 251 g/mol. The maximum atomic E-state index is 13.1. The van der Waals surface area contributed by atoms with E-state index >= 15 is 0 Å². The van der Waals surface area contributed by atoms with Gasteiger partial charge >= 0.3 is 6.30 Å². The lowest BCUT2D eigenvalue weighted by atomic mass is 10.2. The van der Waals surface area contributed by atoms with Crippen molar-refractivity contribution in [2.45, 2.75) is 12.8 Å². The van der Waals surface area contributed by atoms with E-state index in [1.807, 2.05) is 0 Å². The van der Waals surface area contributed by atoms with E-state index in [0.717, 1.165) is 0 Å². The highest BCUT2D eigenvalue weighted by molar-refractivity contribution is 5.49. The average Bonchev–Trinajstić information content (AvgIpc) is 2.37. The molecular formula is C15H13F3N. The van der Waals surface area contributed by atoms with Gasteiger partial charge in [-0.3, -0.25) is 4.90 Å². The fourth-order valence-electron chi connectivity index (χ4n) is 1.77. The van der Waals surface area contributed by atoms with E-state index in [9.17, 15) is 13.2 Å². The van der Waals surface area contributed by atoms with Crippen LogP contribution in [0.3, 0.4) is 0 Å². The Bertz CT molecular complexity index is 517. The molecule has 2 rings (SSSR count). The van der Waals surface area contributed by atoms with Crippen LogP contribution in [-0.2, 0) is 6.54 Å². The smallest absolute Gasteiger partial charge is 0.280 e. The van der Waals surface area contributed by atoms with Gasteiger partial charge in [-0.1, -0.05) is 42.5 Å². The summed E-state index contributed by atoms with van der Waals surface area (Å²) in [6.07, 6.45) is -4.42. The maximum Gasteiger partial charge on any atom is 0.485 e. The van der Waals surface area contributed by atoms with Gasteiger partial charge in [0, 0.05) is 5.69 Å². The molecule has 0 aliphatic rings. The first-order valence-corrected chi connectivity index (χ1v) is 5.77. The lowest BCUT2D eigenvalue weighted by Gasteiger charge is -2.27. The van der Waals surface area contributed by atoms with Crippen molar-refractivity contribution in [3.8, 4) is 0 Å². The van der Waals surface area contributed by atoms with Gasteiger partial charge in [0.15, 0.2) is 0 Å². The van der Waals surface area contributed by atoms with Crippen LogP contribution in [0.4, 0.5) is 18.9 Å². The first-order chi connectivity index (χ1) is 8.97. The Hall–Kier alpha value is -1.97. The number of rotatable bonds is 3. The van der Waals surface area contributed by atoms with Crippen LogP contribution in [0.2, 0.25) is 0 Å². The van der Waals surface area contributed by atoms with Gasteiger partial charge in [-0.2, -0.15) is 13.2 Å². The molecule has 99 valence electrons. The summed E-state index contributed by atoms with van der Waals surface area (Å²) in [5.74, 6) is 0. The van der Waals surface area contributed by atoms with Gasteiger partial charge in [0.2, 0.25) is 0 Å². The molecule has 4 heteroatoms. The Morgan fingerprint density at radius 3 is 2.00 bits per heavy atom. The monoisotopic (exact) mass is 264 g/mol. The summed E-state index contributed by atoms with van der Waals surface area (Å²) in [5, 5.41) is 0. The van der Waals surface area contributed by atoms with Gasteiger partial charge in [0.05, 0.1) is 6.54 Å². The van der Waals surface area contributed by atoms with E-state index in [0.29, 0.717) is 16.0 Å². The van der Waals surface area contributed by atoms with E-state index in [-0.39, 0.29) is 12.2 Å². The third-order valence-corrected chi connectivity index (χ3v) is 2.74. The Morgan fingerprint density at radius 2 is 1.47 bits per heavy atom. The molecule has 0 saturated carbocycles.